The van der Waals surface area contributed by atoms with Crippen molar-refractivity contribution in [2.24, 2.45) is 0 Å². The van der Waals surface area contributed by atoms with Crippen molar-refractivity contribution in [1.29, 1.82) is 0 Å². The predicted molar refractivity (Wildman–Crippen MR) is 92.3 cm³/mol. The summed E-state index contributed by atoms with van der Waals surface area (Å²) in [6.07, 6.45) is 9.67. The molecule has 0 radical (unpaired) electrons. The zero-order valence-corrected chi connectivity index (χ0v) is 12.5. The van der Waals surface area contributed by atoms with E-state index in [0.717, 1.165) is 33.7 Å². The monoisotopic (exact) mass is 287 g/mol. The normalized spacial score (nSPS) is 12.1. The van der Waals surface area contributed by atoms with Gasteiger partial charge >= 0.3 is 0 Å². The molecule has 3 heteroatoms. The van der Waals surface area contributed by atoms with Gasteiger partial charge in [-0.1, -0.05) is 61.2 Å². The lowest BCUT2D eigenvalue weighted by atomic mass is 10.1. The Balaban J connectivity index is 2.24. The molecule has 0 fully saturated rings. The summed E-state index contributed by atoms with van der Waals surface area (Å²) in [5.74, 6) is 0.718. The number of fused-ring (bicyclic) bond motifs is 1. The van der Waals surface area contributed by atoms with Gasteiger partial charge in [0, 0.05) is 17.3 Å². The molecule has 0 saturated heterocycles. The van der Waals surface area contributed by atoms with Crippen LogP contribution in [0.3, 0.4) is 0 Å². The van der Waals surface area contributed by atoms with Crippen molar-refractivity contribution >= 4 is 16.6 Å². The average Bonchev–Trinajstić information content (AvgIpc) is 3.04. The fourth-order valence-corrected chi connectivity index (χ4v) is 2.31. The van der Waals surface area contributed by atoms with Crippen LogP contribution < -0.4 is 0 Å². The van der Waals surface area contributed by atoms with E-state index in [-0.39, 0.29) is 0 Å². The molecule has 3 aromatic rings. The van der Waals surface area contributed by atoms with Crippen molar-refractivity contribution in [2.75, 3.05) is 0 Å². The fraction of sp³-hybridized carbons (Fsp3) is 0.0526. The minimum Gasteiger partial charge on any atom is -0.358 e. The van der Waals surface area contributed by atoms with E-state index in [4.69, 9.17) is 4.98 Å². The molecule has 108 valence electrons. The third-order valence-electron chi connectivity index (χ3n) is 3.40. The van der Waals surface area contributed by atoms with Gasteiger partial charge < -0.3 is 4.98 Å². The summed E-state index contributed by atoms with van der Waals surface area (Å²) >= 11 is 0. The third-order valence-corrected chi connectivity index (χ3v) is 3.40. The summed E-state index contributed by atoms with van der Waals surface area (Å²) in [6.45, 7) is 5.89. The lowest BCUT2D eigenvalue weighted by Crippen LogP contribution is -1.96. The van der Waals surface area contributed by atoms with E-state index >= 15 is 0 Å². The number of rotatable bonds is 4. The Morgan fingerprint density at radius 2 is 1.95 bits per heavy atom. The largest absolute Gasteiger partial charge is 0.358 e. The third kappa shape index (κ3) is 2.61. The number of aromatic amines is 1. The van der Waals surface area contributed by atoms with Crippen molar-refractivity contribution in [3.05, 3.63) is 79.2 Å². The Morgan fingerprint density at radius 1 is 1.14 bits per heavy atom. The second-order valence-electron chi connectivity index (χ2n) is 4.85. The smallest absolute Gasteiger partial charge is 0.160 e. The van der Waals surface area contributed by atoms with Crippen molar-refractivity contribution in [3.63, 3.8) is 0 Å². The standard InChI is InChI=1S/C19H17N3/c1-3-5-9-14(4-2)17-18-16(12-13-20-18)21-19(22-17)15-10-7-6-8-11-15/h3-13,20H,2H2,1H3/b5-3-,14-9+. The number of hydrogen-bond donors (Lipinski definition) is 1. The SMILES string of the molecule is C=C/C(=C\C=C/C)c1nc(-c2ccccc2)nc2cc[nH]c12. The summed E-state index contributed by atoms with van der Waals surface area (Å²) in [5.41, 5.74) is 4.65. The van der Waals surface area contributed by atoms with Crippen LogP contribution in [0.25, 0.3) is 28.0 Å². The quantitative estimate of drug-likeness (QED) is 0.702. The molecule has 0 bridgehead atoms. The fourth-order valence-electron chi connectivity index (χ4n) is 2.31. The van der Waals surface area contributed by atoms with E-state index in [2.05, 4.69) is 16.5 Å². The average molecular weight is 287 g/mol. The summed E-state index contributed by atoms with van der Waals surface area (Å²) in [4.78, 5) is 12.6. The molecular formula is C19H17N3. The zero-order chi connectivity index (χ0) is 15.4. The van der Waals surface area contributed by atoms with Gasteiger partial charge in [0.1, 0.15) is 0 Å². The van der Waals surface area contributed by atoms with Crippen molar-refractivity contribution in [1.82, 2.24) is 15.0 Å². The molecule has 3 rings (SSSR count). The maximum atomic E-state index is 4.75. The molecule has 1 aromatic carbocycles. The first-order valence-electron chi connectivity index (χ1n) is 7.20. The molecule has 0 unspecified atom stereocenters. The molecule has 0 amide bonds. The highest BCUT2D eigenvalue weighted by atomic mass is 14.9. The molecule has 2 heterocycles. The number of hydrogen-bond acceptors (Lipinski definition) is 2. The number of nitrogens with one attached hydrogen (secondary N) is 1. The highest BCUT2D eigenvalue weighted by Crippen LogP contribution is 2.25. The molecule has 0 spiro atoms. The molecule has 1 N–H and O–H groups in total. The maximum Gasteiger partial charge on any atom is 0.160 e. The van der Waals surface area contributed by atoms with Crippen LogP contribution in [-0.2, 0) is 0 Å². The predicted octanol–water partition coefficient (Wildman–Crippen LogP) is 4.77. The van der Waals surface area contributed by atoms with Crippen LogP contribution in [-0.4, -0.2) is 15.0 Å². The molecule has 0 aliphatic rings. The number of H-pyrrole nitrogens is 1. The van der Waals surface area contributed by atoms with Crippen LogP contribution >= 0.6 is 0 Å². The van der Waals surface area contributed by atoms with Gasteiger partial charge in [-0.25, -0.2) is 9.97 Å². The second kappa shape index (κ2) is 6.22. The van der Waals surface area contributed by atoms with E-state index in [1.807, 2.05) is 73.8 Å². The minimum atomic E-state index is 0.718. The van der Waals surface area contributed by atoms with Gasteiger partial charge in [-0.2, -0.15) is 0 Å². The lowest BCUT2D eigenvalue weighted by Gasteiger charge is -2.07. The van der Waals surface area contributed by atoms with E-state index in [9.17, 15) is 0 Å². The summed E-state index contributed by atoms with van der Waals surface area (Å²) in [5, 5.41) is 0. The van der Waals surface area contributed by atoms with Crippen LogP contribution in [0.1, 0.15) is 12.6 Å². The summed E-state index contributed by atoms with van der Waals surface area (Å²) in [7, 11) is 0. The second-order valence-corrected chi connectivity index (χ2v) is 4.85. The van der Waals surface area contributed by atoms with E-state index in [1.54, 1.807) is 0 Å². The van der Waals surface area contributed by atoms with Gasteiger partial charge in [0.05, 0.1) is 16.7 Å². The molecule has 0 saturated carbocycles. The first-order valence-corrected chi connectivity index (χ1v) is 7.20. The Morgan fingerprint density at radius 3 is 2.68 bits per heavy atom. The van der Waals surface area contributed by atoms with Crippen molar-refractivity contribution in [2.45, 2.75) is 6.92 Å². The first-order chi connectivity index (χ1) is 10.8. The molecule has 0 atom stereocenters. The molecule has 3 nitrogen and oxygen atoms in total. The highest BCUT2D eigenvalue weighted by Gasteiger charge is 2.12. The van der Waals surface area contributed by atoms with Gasteiger partial charge in [-0.15, -0.1) is 0 Å². The van der Waals surface area contributed by atoms with Gasteiger partial charge in [0.2, 0.25) is 0 Å². The number of aromatic nitrogens is 3. The topological polar surface area (TPSA) is 41.6 Å². The number of nitrogens with zero attached hydrogens (tertiary/aromatic N) is 2. The van der Waals surface area contributed by atoms with Crippen LogP contribution in [0.5, 0.6) is 0 Å². The van der Waals surface area contributed by atoms with Gasteiger partial charge in [0.25, 0.3) is 0 Å². The van der Waals surface area contributed by atoms with Gasteiger partial charge in [-0.05, 0) is 13.0 Å². The molecular weight excluding hydrogens is 270 g/mol. The summed E-state index contributed by atoms with van der Waals surface area (Å²) in [6, 6.07) is 12.0. The molecule has 0 aliphatic carbocycles. The van der Waals surface area contributed by atoms with E-state index in [0.29, 0.717) is 0 Å². The van der Waals surface area contributed by atoms with Crippen LogP contribution in [0.2, 0.25) is 0 Å². The molecule has 2 aromatic heterocycles. The lowest BCUT2D eigenvalue weighted by molar-refractivity contribution is 1.20. The van der Waals surface area contributed by atoms with Crippen LogP contribution in [0, 0.1) is 0 Å². The maximum absolute atomic E-state index is 4.75. The Hall–Kier alpha value is -2.94. The molecule has 0 aliphatic heterocycles. The van der Waals surface area contributed by atoms with Crippen molar-refractivity contribution in [3.8, 4) is 11.4 Å². The number of allylic oxidation sites excluding steroid dienone is 5. The van der Waals surface area contributed by atoms with Gasteiger partial charge in [0.15, 0.2) is 5.82 Å². The zero-order valence-electron chi connectivity index (χ0n) is 12.5. The first kappa shape index (κ1) is 14.0. The molecule has 22 heavy (non-hydrogen) atoms. The Bertz CT molecular complexity index is 855. The minimum absolute atomic E-state index is 0.718. The highest BCUT2D eigenvalue weighted by molar-refractivity contribution is 5.91. The Labute approximate surface area is 129 Å². The van der Waals surface area contributed by atoms with E-state index in [1.165, 1.54) is 0 Å². The van der Waals surface area contributed by atoms with Crippen LogP contribution in [0.15, 0.2) is 73.5 Å². The van der Waals surface area contributed by atoms with E-state index < -0.39 is 0 Å². The summed E-state index contributed by atoms with van der Waals surface area (Å²) < 4.78 is 0. The Kier molecular flexibility index (Phi) is 3.97. The van der Waals surface area contributed by atoms with Crippen molar-refractivity contribution < 1.29 is 0 Å². The van der Waals surface area contributed by atoms with Gasteiger partial charge in [-0.3, -0.25) is 0 Å². The van der Waals surface area contributed by atoms with Crippen LogP contribution in [0.4, 0.5) is 0 Å². The number of benzene rings is 1.